The normalized spacial score (nSPS) is 22.7. The molecule has 1 fully saturated rings. The Morgan fingerprint density at radius 3 is 3.00 bits per heavy atom. The number of ether oxygens (including phenoxy) is 1. The molecule has 0 saturated carbocycles. The minimum Gasteiger partial charge on any atom is -0.374 e. The maximum Gasteiger partial charge on any atom is 0.240 e. The third-order valence-corrected chi connectivity index (χ3v) is 5.19. The van der Waals surface area contributed by atoms with Crippen LogP contribution in [0.1, 0.15) is 73.7 Å². The van der Waals surface area contributed by atoms with Crippen LogP contribution >= 0.6 is 0 Å². The Bertz CT molecular complexity index is 671. The van der Waals surface area contributed by atoms with Gasteiger partial charge in [-0.1, -0.05) is 5.16 Å². The van der Waals surface area contributed by atoms with Gasteiger partial charge in [0.05, 0.1) is 18.3 Å². The molecule has 0 aromatic carbocycles. The summed E-state index contributed by atoms with van der Waals surface area (Å²) < 4.78 is 10.6. The molecule has 1 aliphatic heterocycles. The van der Waals surface area contributed by atoms with Gasteiger partial charge < -0.3 is 14.2 Å². The minimum absolute atomic E-state index is 0.145. The Labute approximate surface area is 141 Å². The summed E-state index contributed by atoms with van der Waals surface area (Å²) in [5.41, 5.74) is 2.62. The fourth-order valence-corrected chi connectivity index (χ4v) is 3.73. The first-order valence-corrected chi connectivity index (χ1v) is 8.91. The van der Waals surface area contributed by atoms with Gasteiger partial charge in [0, 0.05) is 12.8 Å². The van der Waals surface area contributed by atoms with Crippen molar-refractivity contribution in [1.29, 1.82) is 0 Å². The maximum atomic E-state index is 5.40. The van der Waals surface area contributed by atoms with Crippen molar-refractivity contribution in [2.45, 2.75) is 64.1 Å². The van der Waals surface area contributed by atoms with E-state index in [0.717, 1.165) is 31.6 Å². The Kier molecular flexibility index (Phi) is 4.37. The van der Waals surface area contributed by atoms with Gasteiger partial charge >= 0.3 is 0 Å². The van der Waals surface area contributed by atoms with E-state index < -0.39 is 0 Å². The van der Waals surface area contributed by atoms with Crippen molar-refractivity contribution in [1.82, 2.24) is 25.0 Å². The number of likely N-dealkylation sites (tertiary alicyclic amines) is 1. The zero-order chi connectivity index (χ0) is 16.5. The summed E-state index contributed by atoms with van der Waals surface area (Å²) in [5.74, 6) is 2.37. The summed E-state index contributed by atoms with van der Waals surface area (Å²) in [7, 11) is 1.65. The van der Waals surface area contributed by atoms with E-state index in [1.54, 1.807) is 7.11 Å². The van der Waals surface area contributed by atoms with E-state index in [-0.39, 0.29) is 6.10 Å². The number of nitrogens with one attached hydrogen (secondary N) is 1. The SMILES string of the molecule is CO[C@@H](C)c1noc(CN2CCC[C@@H]2c2nc3c([nH]2)CCCC3)n1. The first-order valence-electron chi connectivity index (χ1n) is 8.91. The second-order valence-electron chi connectivity index (χ2n) is 6.81. The molecule has 0 radical (unpaired) electrons. The highest BCUT2D eigenvalue weighted by Crippen LogP contribution is 2.33. The number of hydrogen-bond donors (Lipinski definition) is 1. The van der Waals surface area contributed by atoms with Crippen molar-refractivity contribution < 1.29 is 9.26 Å². The van der Waals surface area contributed by atoms with Crippen LogP contribution in [-0.4, -0.2) is 38.7 Å². The molecule has 24 heavy (non-hydrogen) atoms. The van der Waals surface area contributed by atoms with E-state index >= 15 is 0 Å². The Balaban J connectivity index is 1.48. The number of methoxy groups -OCH3 is 1. The largest absolute Gasteiger partial charge is 0.374 e. The van der Waals surface area contributed by atoms with Crippen molar-refractivity contribution in [3.63, 3.8) is 0 Å². The lowest BCUT2D eigenvalue weighted by Crippen LogP contribution is -2.23. The highest BCUT2D eigenvalue weighted by atomic mass is 16.5. The van der Waals surface area contributed by atoms with Gasteiger partial charge in [-0.05, 0) is 52.0 Å². The highest BCUT2D eigenvalue weighted by Gasteiger charge is 2.31. The lowest BCUT2D eigenvalue weighted by molar-refractivity contribution is 0.109. The van der Waals surface area contributed by atoms with Crippen LogP contribution in [-0.2, 0) is 24.1 Å². The lowest BCUT2D eigenvalue weighted by Gasteiger charge is -2.20. The Morgan fingerprint density at radius 2 is 2.17 bits per heavy atom. The molecule has 2 aromatic heterocycles. The number of fused-ring (bicyclic) bond motifs is 1. The molecule has 0 amide bonds. The molecule has 1 saturated heterocycles. The predicted octanol–water partition coefficient (Wildman–Crippen LogP) is 2.72. The molecule has 7 nitrogen and oxygen atoms in total. The van der Waals surface area contributed by atoms with Gasteiger partial charge in [0.1, 0.15) is 11.9 Å². The topological polar surface area (TPSA) is 80.1 Å². The predicted molar refractivity (Wildman–Crippen MR) is 87.3 cm³/mol. The van der Waals surface area contributed by atoms with E-state index in [4.69, 9.17) is 14.2 Å². The summed E-state index contributed by atoms with van der Waals surface area (Å²) in [4.78, 5) is 15.3. The molecule has 0 bridgehead atoms. The molecule has 7 heteroatoms. The first kappa shape index (κ1) is 15.8. The van der Waals surface area contributed by atoms with Crippen LogP contribution in [0.4, 0.5) is 0 Å². The van der Waals surface area contributed by atoms with Crippen molar-refractivity contribution >= 4 is 0 Å². The molecule has 130 valence electrons. The van der Waals surface area contributed by atoms with Gasteiger partial charge in [0.15, 0.2) is 5.82 Å². The van der Waals surface area contributed by atoms with Crippen LogP contribution in [0, 0.1) is 0 Å². The first-order chi connectivity index (χ1) is 11.7. The third kappa shape index (κ3) is 2.98. The number of nitrogens with zero attached hydrogens (tertiary/aromatic N) is 4. The fourth-order valence-electron chi connectivity index (χ4n) is 3.73. The summed E-state index contributed by atoms with van der Waals surface area (Å²) in [6.45, 7) is 3.62. The van der Waals surface area contributed by atoms with Crippen LogP contribution < -0.4 is 0 Å². The molecular formula is C17H25N5O2. The molecule has 3 heterocycles. The zero-order valence-corrected chi connectivity index (χ0v) is 14.4. The summed E-state index contributed by atoms with van der Waals surface area (Å²) in [6.07, 6.45) is 6.93. The maximum absolute atomic E-state index is 5.40. The van der Waals surface area contributed by atoms with Crippen LogP contribution in [0.3, 0.4) is 0 Å². The van der Waals surface area contributed by atoms with Crippen molar-refractivity contribution in [3.8, 4) is 0 Å². The van der Waals surface area contributed by atoms with Crippen LogP contribution in [0.2, 0.25) is 0 Å². The zero-order valence-electron chi connectivity index (χ0n) is 14.4. The van der Waals surface area contributed by atoms with Crippen molar-refractivity contribution in [2.75, 3.05) is 13.7 Å². The molecular weight excluding hydrogens is 306 g/mol. The van der Waals surface area contributed by atoms with E-state index in [9.17, 15) is 0 Å². The van der Waals surface area contributed by atoms with Gasteiger partial charge in [-0.25, -0.2) is 4.98 Å². The van der Waals surface area contributed by atoms with Gasteiger partial charge in [-0.2, -0.15) is 4.98 Å². The molecule has 1 aliphatic carbocycles. The van der Waals surface area contributed by atoms with E-state index in [0.29, 0.717) is 24.3 Å². The van der Waals surface area contributed by atoms with E-state index in [1.165, 1.54) is 30.7 Å². The number of aromatic nitrogens is 4. The highest BCUT2D eigenvalue weighted by molar-refractivity contribution is 5.19. The Hall–Kier alpha value is -1.73. The van der Waals surface area contributed by atoms with Gasteiger partial charge in [-0.3, -0.25) is 4.90 Å². The number of aryl methyl sites for hydroxylation is 2. The van der Waals surface area contributed by atoms with E-state index in [1.807, 2.05) is 6.92 Å². The minimum atomic E-state index is -0.145. The summed E-state index contributed by atoms with van der Waals surface area (Å²) in [6, 6.07) is 0.325. The number of imidazole rings is 1. The molecule has 0 spiro atoms. The molecule has 1 N–H and O–H groups in total. The van der Waals surface area contributed by atoms with Crippen molar-refractivity contribution in [2.24, 2.45) is 0 Å². The molecule has 0 unspecified atom stereocenters. The molecule has 2 atom stereocenters. The van der Waals surface area contributed by atoms with Gasteiger partial charge in [0.25, 0.3) is 0 Å². The summed E-state index contributed by atoms with van der Waals surface area (Å²) in [5, 5.41) is 4.02. The monoisotopic (exact) mass is 331 g/mol. The lowest BCUT2D eigenvalue weighted by atomic mass is 10.0. The van der Waals surface area contributed by atoms with Gasteiger partial charge in [-0.15, -0.1) is 0 Å². The second kappa shape index (κ2) is 6.64. The molecule has 2 aromatic rings. The average molecular weight is 331 g/mol. The average Bonchev–Trinajstić information content (AvgIpc) is 3.33. The van der Waals surface area contributed by atoms with Gasteiger partial charge in [0.2, 0.25) is 5.89 Å². The van der Waals surface area contributed by atoms with Crippen LogP contribution in [0.25, 0.3) is 0 Å². The third-order valence-electron chi connectivity index (χ3n) is 5.19. The van der Waals surface area contributed by atoms with Crippen LogP contribution in [0.5, 0.6) is 0 Å². The Morgan fingerprint density at radius 1 is 1.29 bits per heavy atom. The number of H-pyrrole nitrogens is 1. The smallest absolute Gasteiger partial charge is 0.240 e. The number of rotatable bonds is 5. The second-order valence-corrected chi connectivity index (χ2v) is 6.81. The van der Waals surface area contributed by atoms with Crippen molar-refractivity contribution in [3.05, 3.63) is 28.9 Å². The summed E-state index contributed by atoms with van der Waals surface area (Å²) >= 11 is 0. The standard InChI is InChI=1S/C17H25N5O2/c1-11(23-2)16-20-15(24-21-16)10-22-9-5-8-14(22)17-18-12-6-3-4-7-13(12)19-17/h11,14H,3-10H2,1-2H3,(H,18,19)/t11-,14+/m0/s1. The van der Waals surface area contributed by atoms with Crippen LogP contribution in [0.15, 0.2) is 4.52 Å². The molecule has 2 aliphatic rings. The number of aromatic amines is 1. The number of hydrogen-bond acceptors (Lipinski definition) is 6. The fraction of sp³-hybridized carbons (Fsp3) is 0.706. The quantitative estimate of drug-likeness (QED) is 0.907. The van der Waals surface area contributed by atoms with E-state index in [2.05, 4.69) is 20.0 Å². The molecule has 4 rings (SSSR count).